The van der Waals surface area contributed by atoms with E-state index in [1.165, 1.54) is 6.08 Å². The van der Waals surface area contributed by atoms with Crippen molar-refractivity contribution in [3.63, 3.8) is 0 Å². The van der Waals surface area contributed by atoms with Crippen LogP contribution in [0.4, 0.5) is 0 Å². The lowest BCUT2D eigenvalue weighted by Crippen LogP contribution is -2.64. The predicted molar refractivity (Wildman–Crippen MR) is 195 cm³/mol. The second-order valence-electron chi connectivity index (χ2n) is 14.2. The van der Waals surface area contributed by atoms with Gasteiger partial charge in [-0.15, -0.1) is 0 Å². The van der Waals surface area contributed by atoms with Crippen molar-refractivity contribution in [2.24, 2.45) is 23.7 Å². The summed E-state index contributed by atoms with van der Waals surface area (Å²) in [6.07, 6.45) is 3.50. The standard InChI is InChI=1S/C40H58N2O10/c1-9-34-31(24-48-8)20-25(2)14-15-32(44)26(3)21-30(16-18-43)38(27(4)33(45)22-35(46)51-34)52-40-37(47)36(42(6)7)39(28(5)50-40)49-19-11-13-29-12-10-17-41-23-29/h10,12,14-15,17-18,20,23,26-28,30-31,33-34,36-40,45,47H,9,16,19,21-22,24H2,1-8H3/b15-14+,25-20+/t26-,27+,28-,30+,31-,33-,34-,36-,37-,38-,39-,40+/m1/s1. The SMILES string of the molecule is CC[C@H]1OC(=O)C[C@@H](O)[C@H](C)[C@@H](O[C@@H]2O[C@H](C)[C@@H](OCC#Cc3cccnc3)[C@H](N(C)C)[C@H]2O)[C@@H](CC=O)C[C@@H](C)C(=O)/C=C/C(C)=C/[C@@H]1COC. The molecule has 288 valence electrons. The molecule has 0 aliphatic carbocycles. The van der Waals surface area contributed by atoms with E-state index in [4.69, 9.17) is 23.7 Å². The second kappa shape index (κ2) is 21.4. The Kier molecular flexibility index (Phi) is 17.8. The van der Waals surface area contributed by atoms with Gasteiger partial charge in [-0.1, -0.05) is 50.3 Å². The fourth-order valence-corrected chi connectivity index (χ4v) is 7.03. The number of methoxy groups -OCH3 is 1. The molecule has 0 radical (unpaired) electrons. The molecule has 2 aliphatic heterocycles. The smallest absolute Gasteiger partial charge is 0.308 e. The van der Waals surface area contributed by atoms with E-state index in [2.05, 4.69) is 16.8 Å². The summed E-state index contributed by atoms with van der Waals surface area (Å²) in [5, 5.41) is 23.2. The number of hydrogen-bond acceptors (Lipinski definition) is 12. The monoisotopic (exact) mass is 726 g/mol. The molecule has 2 aliphatic rings. The number of aldehydes is 1. The maximum atomic E-state index is 13.4. The molecular formula is C40H58N2O10. The van der Waals surface area contributed by atoms with Gasteiger partial charge in [-0.3, -0.25) is 14.6 Å². The Morgan fingerprint density at radius 2 is 1.88 bits per heavy atom. The van der Waals surface area contributed by atoms with Gasteiger partial charge in [0.25, 0.3) is 0 Å². The van der Waals surface area contributed by atoms with Gasteiger partial charge in [0.15, 0.2) is 12.1 Å². The van der Waals surface area contributed by atoms with E-state index in [1.54, 1.807) is 45.5 Å². The van der Waals surface area contributed by atoms with E-state index in [-0.39, 0.29) is 37.6 Å². The number of carbonyl (C=O) groups is 3. The van der Waals surface area contributed by atoms with Crippen LogP contribution in [0.15, 0.2) is 48.3 Å². The minimum Gasteiger partial charge on any atom is -0.462 e. The number of carbonyl (C=O) groups excluding carboxylic acids is 3. The summed E-state index contributed by atoms with van der Waals surface area (Å²) in [6, 6.07) is 3.07. The van der Waals surface area contributed by atoms with Crippen LogP contribution in [0.2, 0.25) is 0 Å². The van der Waals surface area contributed by atoms with Gasteiger partial charge in [0.1, 0.15) is 31.2 Å². The molecule has 1 aromatic heterocycles. The predicted octanol–water partition coefficient (Wildman–Crippen LogP) is 3.53. The summed E-state index contributed by atoms with van der Waals surface area (Å²) < 4.78 is 30.3. The molecule has 0 amide bonds. The summed E-state index contributed by atoms with van der Waals surface area (Å²) in [5.41, 5.74) is 1.55. The van der Waals surface area contributed by atoms with Gasteiger partial charge in [0.2, 0.25) is 0 Å². The number of nitrogens with zero attached hydrogens (tertiary/aromatic N) is 2. The highest BCUT2D eigenvalue weighted by Gasteiger charge is 2.48. The fraction of sp³-hybridized carbons (Fsp3) is 0.650. The largest absolute Gasteiger partial charge is 0.462 e. The number of aromatic nitrogens is 1. The van der Waals surface area contributed by atoms with E-state index in [9.17, 15) is 24.6 Å². The van der Waals surface area contributed by atoms with Crippen molar-refractivity contribution in [2.75, 3.05) is 34.4 Å². The van der Waals surface area contributed by atoms with Crippen LogP contribution in [0.25, 0.3) is 0 Å². The van der Waals surface area contributed by atoms with Crippen LogP contribution in [-0.4, -0.2) is 122 Å². The molecular weight excluding hydrogens is 668 g/mol. The Morgan fingerprint density at radius 3 is 2.52 bits per heavy atom. The number of esters is 1. The average molecular weight is 727 g/mol. The lowest BCUT2D eigenvalue weighted by atomic mass is 9.79. The summed E-state index contributed by atoms with van der Waals surface area (Å²) in [4.78, 5) is 44.6. The number of cyclic esters (lactones) is 1. The van der Waals surface area contributed by atoms with Crippen molar-refractivity contribution in [2.45, 2.75) is 109 Å². The minimum atomic E-state index is -1.24. The van der Waals surface area contributed by atoms with Crippen LogP contribution in [0.5, 0.6) is 0 Å². The molecule has 1 aromatic rings. The normalized spacial score (nSPS) is 35.5. The number of hydrogen-bond donors (Lipinski definition) is 2. The van der Waals surface area contributed by atoms with E-state index in [0.717, 1.165) is 17.4 Å². The Labute approximate surface area is 308 Å². The van der Waals surface area contributed by atoms with Crippen molar-refractivity contribution in [3.8, 4) is 11.8 Å². The first kappa shape index (κ1) is 43.1. The van der Waals surface area contributed by atoms with Crippen LogP contribution in [-0.2, 0) is 38.1 Å². The van der Waals surface area contributed by atoms with Crippen LogP contribution in [0.1, 0.15) is 65.9 Å². The third kappa shape index (κ3) is 12.4. The zero-order chi connectivity index (χ0) is 38.4. The topological polar surface area (TPSA) is 154 Å². The molecule has 12 heteroatoms. The van der Waals surface area contributed by atoms with Crippen LogP contribution < -0.4 is 0 Å². The third-order valence-corrected chi connectivity index (χ3v) is 9.92. The van der Waals surface area contributed by atoms with Gasteiger partial charge in [0, 0.05) is 49.2 Å². The Balaban J connectivity index is 1.93. The summed E-state index contributed by atoms with van der Waals surface area (Å²) in [6.45, 7) is 9.48. The van der Waals surface area contributed by atoms with Gasteiger partial charge in [-0.25, -0.2) is 0 Å². The molecule has 0 saturated carbocycles. The fourth-order valence-electron chi connectivity index (χ4n) is 7.03. The van der Waals surface area contributed by atoms with Crippen LogP contribution in [0.3, 0.4) is 0 Å². The lowest BCUT2D eigenvalue weighted by molar-refractivity contribution is -0.307. The molecule has 3 heterocycles. The molecule has 12 atom stereocenters. The van der Waals surface area contributed by atoms with Crippen LogP contribution in [0, 0.1) is 35.5 Å². The summed E-state index contributed by atoms with van der Waals surface area (Å²) in [7, 11) is 5.21. The van der Waals surface area contributed by atoms with Gasteiger partial charge in [-0.2, -0.15) is 0 Å². The molecule has 0 spiro atoms. The van der Waals surface area contributed by atoms with Gasteiger partial charge < -0.3 is 43.6 Å². The number of likely N-dealkylation sites (N-methyl/N-ethyl adjacent to an activating group) is 1. The second-order valence-corrected chi connectivity index (χ2v) is 14.2. The van der Waals surface area contributed by atoms with Crippen molar-refractivity contribution >= 4 is 18.0 Å². The maximum Gasteiger partial charge on any atom is 0.308 e. The first-order valence-electron chi connectivity index (χ1n) is 18.2. The van der Waals surface area contributed by atoms with Gasteiger partial charge in [-0.05, 0) is 64.9 Å². The molecule has 3 rings (SSSR count). The zero-order valence-corrected chi connectivity index (χ0v) is 31.8. The quantitative estimate of drug-likeness (QED) is 0.206. The van der Waals surface area contributed by atoms with E-state index in [0.29, 0.717) is 13.0 Å². The number of rotatable bonds is 10. The highest BCUT2D eigenvalue weighted by Crippen LogP contribution is 2.35. The number of aliphatic hydroxyl groups excluding tert-OH is 2. The maximum absolute atomic E-state index is 13.4. The number of pyridine rings is 1. The highest BCUT2D eigenvalue weighted by molar-refractivity contribution is 5.91. The van der Waals surface area contributed by atoms with Crippen molar-refractivity contribution in [3.05, 3.63) is 53.9 Å². The zero-order valence-electron chi connectivity index (χ0n) is 31.8. The Bertz CT molecular complexity index is 1410. The molecule has 1 saturated heterocycles. The third-order valence-electron chi connectivity index (χ3n) is 9.92. The summed E-state index contributed by atoms with van der Waals surface area (Å²) in [5.74, 6) is 3.20. The Hall–Kier alpha value is -3.28. The number of ketones is 1. The molecule has 0 bridgehead atoms. The first-order chi connectivity index (χ1) is 24.8. The lowest BCUT2D eigenvalue weighted by Gasteiger charge is -2.47. The number of allylic oxidation sites excluding steroid dienone is 3. The molecule has 0 unspecified atom stereocenters. The van der Waals surface area contributed by atoms with E-state index >= 15 is 0 Å². The Morgan fingerprint density at radius 1 is 1.13 bits per heavy atom. The number of aliphatic hydroxyl groups is 2. The van der Waals surface area contributed by atoms with Gasteiger partial charge in [0.05, 0.1) is 37.4 Å². The van der Waals surface area contributed by atoms with Crippen LogP contribution >= 0.6 is 0 Å². The average Bonchev–Trinajstić information content (AvgIpc) is 3.11. The summed E-state index contributed by atoms with van der Waals surface area (Å²) >= 11 is 0. The molecule has 52 heavy (non-hydrogen) atoms. The van der Waals surface area contributed by atoms with Crippen molar-refractivity contribution < 1.29 is 48.3 Å². The highest BCUT2D eigenvalue weighted by atomic mass is 16.7. The minimum absolute atomic E-state index is 0.0138. The molecule has 12 nitrogen and oxygen atoms in total. The number of ether oxygens (including phenoxy) is 5. The molecule has 1 fully saturated rings. The molecule has 2 N–H and O–H groups in total. The van der Waals surface area contributed by atoms with Crippen molar-refractivity contribution in [1.29, 1.82) is 0 Å². The van der Waals surface area contributed by atoms with E-state index < -0.39 is 72.7 Å². The first-order valence-corrected chi connectivity index (χ1v) is 18.2. The van der Waals surface area contributed by atoms with Crippen molar-refractivity contribution in [1.82, 2.24) is 9.88 Å². The molecule has 0 aromatic carbocycles. The van der Waals surface area contributed by atoms with E-state index in [1.807, 2.05) is 51.9 Å². The van der Waals surface area contributed by atoms with Gasteiger partial charge >= 0.3 is 5.97 Å².